The van der Waals surface area contributed by atoms with Gasteiger partial charge in [0.1, 0.15) is 0 Å². The Kier molecular flexibility index (Phi) is 7.80. The molecular weight excluding hydrogens is 426 g/mol. The molecule has 0 saturated carbocycles. The van der Waals surface area contributed by atoms with E-state index in [9.17, 15) is 13.2 Å². The van der Waals surface area contributed by atoms with E-state index in [-0.39, 0.29) is 12.1 Å². The van der Waals surface area contributed by atoms with E-state index in [1.807, 2.05) is 54.6 Å². The van der Waals surface area contributed by atoms with Crippen molar-refractivity contribution >= 4 is 16.1 Å². The maximum atomic E-state index is 12.3. The summed E-state index contributed by atoms with van der Waals surface area (Å²) in [6, 6.07) is 27.0. The summed E-state index contributed by atoms with van der Waals surface area (Å²) in [5.41, 5.74) is 3.43. The second kappa shape index (κ2) is 10.5. The summed E-state index contributed by atoms with van der Waals surface area (Å²) in [4.78, 5) is 12.3. The third-order valence-corrected chi connectivity index (χ3v) is 5.62. The minimum absolute atomic E-state index is 0.0359. The van der Waals surface area contributed by atoms with Crippen LogP contribution in [0, 0.1) is 0 Å². The fourth-order valence-electron chi connectivity index (χ4n) is 3.53. The maximum absolute atomic E-state index is 12.3. The van der Waals surface area contributed by atoms with Gasteiger partial charge in [-0.25, -0.2) is 4.79 Å². The molecule has 0 radical (unpaired) electrons. The predicted molar refractivity (Wildman–Crippen MR) is 123 cm³/mol. The van der Waals surface area contributed by atoms with E-state index in [2.05, 4.69) is 24.4 Å². The van der Waals surface area contributed by atoms with Crippen LogP contribution in [0.15, 0.2) is 84.9 Å². The van der Waals surface area contributed by atoms with Gasteiger partial charge in [-0.05, 0) is 29.2 Å². The number of nitrogens with one attached hydrogen (secondary N) is 1. The van der Waals surface area contributed by atoms with Gasteiger partial charge >= 0.3 is 5.97 Å². The zero-order valence-corrected chi connectivity index (χ0v) is 19.1. The Morgan fingerprint density at radius 2 is 1.34 bits per heavy atom. The van der Waals surface area contributed by atoms with Crippen molar-refractivity contribution in [1.29, 1.82) is 0 Å². The fourth-order valence-corrected chi connectivity index (χ4v) is 4.07. The lowest BCUT2D eigenvalue weighted by molar-refractivity contribution is -0.149. The summed E-state index contributed by atoms with van der Waals surface area (Å²) < 4.78 is 33.3. The molecule has 1 N–H and O–H groups in total. The molecule has 3 atom stereocenters. The molecule has 2 unspecified atom stereocenters. The second-order valence-corrected chi connectivity index (χ2v) is 9.12. The van der Waals surface area contributed by atoms with Gasteiger partial charge in [0.05, 0.1) is 19.4 Å². The minimum atomic E-state index is -3.88. The number of rotatable bonds is 9. The Hall–Kier alpha value is -3.00. The van der Waals surface area contributed by atoms with Crippen LogP contribution in [0.4, 0.5) is 0 Å². The molecule has 0 fully saturated rings. The molecule has 6 nitrogen and oxygen atoms in total. The van der Waals surface area contributed by atoms with E-state index < -0.39 is 22.2 Å². The zero-order valence-electron chi connectivity index (χ0n) is 18.3. The third-order valence-electron chi connectivity index (χ3n) is 5.08. The van der Waals surface area contributed by atoms with Crippen LogP contribution in [0.3, 0.4) is 0 Å². The zero-order chi connectivity index (χ0) is 23.1. The summed E-state index contributed by atoms with van der Waals surface area (Å²) in [7, 11) is -2.69. The lowest BCUT2D eigenvalue weighted by Crippen LogP contribution is -2.26. The van der Waals surface area contributed by atoms with Crippen LogP contribution in [0.1, 0.15) is 47.4 Å². The summed E-state index contributed by atoms with van der Waals surface area (Å²) in [5.74, 6) is -0.783. The lowest BCUT2D eigenvalue weighted by atomic mass is 9.94. The first-order valence-corrected chi connectivity index (χ1v) is 12.0. The molecule has 3 aromatic carbocycles. The van der Waals surface area contributed by atoms with Gasteiger partial charge in [-0.1, -0.05) is 84.9 Å². The number of methoxy groups -OCH3 is 1. The highest BCUT2D eigenvalue weighted by Gasteiger charge is 2.28. The number of carbonyl (C=O) groups excluding carboxylic acids is 1. The Bertz CT molecular complexity index is 1130. The first-order chi connectivity index (χ1) is 15.3. The van der Waals surface area contributed by atoms with Crippen molar-refractivity contribution in [3.05, 3.63) is 107 Å². The molecule has 0 aliphatic heterocycles. The Morgan fingerprint density at radius 3 is 1.91 bits per heavy atom. The summed E-state index contributed by atoms with van der Waals surface area (Å²) in [5, 5.41) is 3.65. The highest BCUT2D eigenvalue weighted by atomic mass is 32.2. The highest BCUT2D eigenvalue weighted by Crippen LogP contribution is 2.29. The van der Waals surface area contributed by atoms with Crippen molar-refractivity contribution < 1.29 is 22.1 Å². The predicted octanol–water partition coefficient (Wildman–Crippen LogP) is 4.32. The van der Waals surface area contributed by atoms with E-state index in [1.165, 1.54) is 7.11 Å². The minimum Gasteiger partial charge on any atom is -0.467 e. The van der Waals surface area contributed by atoms with Crippen LogP contribution in [0.25, 0.3) is 0 Å². The highest BCUT2D eigenvalue weighted by molar-refractivity contribution is 7.86. The Morgan fingerprint density at radius 1 is 0.812 bits per heavy atom. The van der Waals surface area contributed by atoms with Crippen molar-refractivity contribution in [1.82, 2.24) is 5.32 Å². The summed E-state index contributed by atoms with van der Waals surface area (Å²) in [6.07, 6.45) is -0.472. The Labute approximate surface area is 189 Å². The van der Waals surface area contributed by atoms with E-state index >= 15 is 0 Å². The molecule has 0 aromatic heterocycles. The lowest BCUT2D eigenvalue weighted by Gasteiger charge is -2.26. The van der Waals surface area contributed by atoms with Crippen LogP contribution >= 0.6 is 0 Å². The Balaban J connectivity index is 2.01. The summed E-state index contributed by atoms with van der Waals surface area (Å²) in [6.45, 7) is 2.08. The first-order valence-electron chi connectivity index (χ1n) is 10.2. The normalized spacial score (nSPS) is 14.3. The van der Waals surface area contributed by atoms with Crippen LogP contribution in [0.2, 0.25) is 0 Å². The van der Waals surface area contributed by atoms with Crippen molar-refractivity contribution in [3.63, 3.8) is 0 Å². The molecule has 0 amide bonds. The smallest absolute Gasteiger partial charge is 0.341 e. The number of esters is 1. The molecule has 0 aliphatic rings. The quantitative estimate of drug-likeness (QED) is 0.384. The van der Waals surface area contributed by atoms with Gasteiger partial charge in [-0.3, -0.25) is 9.50 Å². The van der Waals surface area contributed by atoms with Gasteiger partial charge in [-0.15, -0.1) is 0 Å². The van der Waals surface area contributed by atoms with Gasteiger partial charge in [0.15, 0.2) is 6.10 Å². The SMILES string of the molecule is COC(=O)C(OS(C)(=O)=O)c1cccc(C(N[C@H](C)c2ccccc2)c2ccccc2)c1. The van der Waals surface area contributed by atoms with Crippen LogP contribution in [-0.4, -0.2) is 27.8 Å². The standard InChI is InChI=1S/C25H27NO5S/c1-18(19-11-6-4-7-12-19)26-23(20-13-8-5-9-14-20)21-15-10-16-22(17-21)24(25(27)30-2)31-32(3,28)29/h4-18,23-24,26H,1-3H3/t18-,23?,24?/m1/s1. The topological polar surface area (TPSA) is 81.7 Å². The van der Waals surface area contributed by atoms with Crippen molar-refractivity contribution in [2.45, 2.75) is 25.1 Å². The van der Waals surface area contributed by atoms with Gasteiger partial charge < -0.3 is 4.74 Å². The molecule has 32 heavy (non-hydrogen) atoms. The van der Waals surface area contributed by atoms with Crippen LogP contribution in [-0.2, 0) is 23.8 Å². The maximum Gasteiger partial charge on any atom is 0.341 e. The number of carbonyl (C=O) groups is 1. The van der Waals surface area contributed by atoms with E-state index in [4.69, 9.17) is 8.92 Å². The molecular formula is C25H27NO5S. The second-order valence-electron chi connectivity index (χ2n) is 7.52. The molecule has 0 heterocycles. The molecule has 0 bridgehead atoms. The number of hydrogen-bond acceptors (Lipinski definition) is 6. The van der Waals surface area contributed by atoms with E-state index in [1.54, 1.807) is 18.2 Å². The summed E-state index contributed by atoms with van der Waals surface area (Å²) >= 11 is 0. The largest absolute Gasteiger partial charge is 0.467 e. The molecule has 3 aromatic rings. The molecule has 3 rings (SSSR count). The first kappa shape index (κ1) is 23.7. The average molecular weight is 454 g/mol. The van der Waals surface area contributed by atoms with Crippen LogP contribution < -0.4 is 5.32 Å². The van der Waals surface area contributed by atoms with Crippen molar-refractivity contribution in [2.75, 3.05) is 13.4 Å². The van der Waals surface area contributed by atoms with Gasteiger partial charge in [0, 0.05) is 6.04 Å². The van der Waals surface area contributed by atoms with Crippen molar-refractivity contribution in [2.24, 2.45) is 0 Å². The number of ether oxygens (including phenoxy) is 1. The molecule has 0 spiro atoms. The molecule has 7 heteroatoms. The number of benzene rings is 3. The average Bonchev–Trinajstić information content (AvgIpc) is 2.81. The van der Waals surface area contributed by atoms with Gasteiger partial charge in [0.25, 0.3) is 10.1 Å². The van der Waals surface area contributed by atoms with Gasteiger partial charge in [-0.2, -0.15) is 8.42 Å². The molecule has 0 aliphatic carbocycles. The molecule has 0 saturated heterocycles. The number of hydrogen-bond donors (Lipinski definition) is 1. The van der Waals surface area contributed by atoms with Crippen molar-refractivity contribution in [3.8, 4) is 0 Å². The monoisotopic (exact) mass is 453 g/mol. The van der Waals surface area contributed by atoms with Gasteiger partial charge in [0.2, 0.25) is 0 Å². The van der Waals surface area contributed by atoms with Crippen LogP contribution in [0.5, 0.6) is 0 Å². The fraction of sp³-hybridized carbons (Fsp3) is 0.240. The molecule has 168 valence electrons. The third kappa shape index (κ3) is 6.26. The van der Waals surface area contributed by atoms with E-state index in [0.717, 1.165) is 22.9 Å². The van der Waals surface area contributed by atoms with E-state index in [0.29, 0.717) is 5.56 Å².